The molecule has 0 aromatic heterocycles. The molecule has 194 valence electrons. The van der Waals surface area contributed by atoms with Crippen LogP contribution in [0.2, 0.25) is 30.1 Å². The second-order valence-corrected chi connectivity index (χ2v) is 10.6. The second kappa shape index (κ2) is 12.5. The molecule has 0 saturated heterocycles. The van der Waals surface area contributed by atoms with Crippen molar-refractivity contribution in [2.75, 3.05) is 10.6 Å². The first kappa shape index (κ1) is 28.4. The third kappa shape index (κ3) is 7.70. The van der Waals surface area contributed by atoms with Crippen LogP contribution in [0.1, 0.15) is 26.3 Å². The molecule has 0 heterocycles. The summed E-state index contributed by atoms with van der Waals surface area (Å²) >= 11 is 36.2. The number of rotatable bonds is 7. The monoisotopic (exact) mass is 626 g/mol. The molecule has 0 aliphatic rings. The van der Waals surface area contributed by atoms with Gasteiger partial charge in [-0.1, -0.05) is 69.6 Å². The maximum absolute atomic E-state index is 12.9. The Morgan fingerprint density at radius 2 is 1.05 bits per heavy atom. The molecule has 0 fully saturated rings. The van der Waals surface area contributed by atoms with E-state index < -0.39 is 11.8 Å². The van der Waals surface area contributed by atoms with Crippen molar-refractivity contribution in [3.05, 3.63) is 120 Å². The molecule has 0 aliphatic carbocycles. The molecule has 0 unspecified atom stereocenters. The molecule has 0 aliphatic heterocycles. The van der Waals surface area contributed by atoms with E-state index in [1.807, 2.05) is 0 Å². The minimum atomic E-state index is -0.448. The number of hydrogen-bond acceptors (Lipinski definition) is 3. The van der Waals surface area contributed by atoms with Crippen molar-refractivity contribution in [2.45, 2.75) is 6.61 Å². The van der Waals surface area contributed by atoms with Gasteiger partial charge in [0.25, 0.3) is 11.8 Å². The van der Waals surface area contributed by atoms with Crippen molar-refractivity contribution < 1.29 is 14.3 Å². The van der Waals surface area contributed by atoms with E-state index >= 15 is 0 Å². The molecule has 0 atom stereocenters. The summed E-state index contributed by atoms with van der Waals surface area (Å²) in [5.41, 5.74) is 1.94. The SMILES string of the molecule is O=C(Nc1cc(COc2ccc(Cl)c(Cl)c2)cc(NC(=O)c2cc(Cl)cc(Cl)c2)c1)c1cc(Cl)cc(Cl)c1. The third-order valence-corrected chi connectivity index (χ3v) is 6.67. The topological polar surface area (TPSA) is 67.4 Å². The van der Waals surface area contributed by atoms with Crippen molar-refractivity contribution in [3.63, 3.8) is 0 Å². The van der Waals surface area contributed by atoms with Crippen molar-refractivity contribution in [2.24, 2.45) is 0 Å². The highest BCUT2D eigenvalue weighted by Gasteiger charge is 2.13. The van der Waals surface area contributed by atoms with E-state index in [4.69, 9.17) is 74.3 Å². The Bertz CT molecular complexity index is 1420. The van der Waals surface area contributed by atoms with Crippen LogP contribution in [0.25, 0.3) is 0 Å². The van der Waals surface area contributed by atoms with Gasteiger partial charge in [0.1, 0.15) is 12.4 Å². The summed E-state index contributed by atoms with van der Waals surface area (Å²) < 4.78 is 5.84. The van der Waals surface area contributed by atoms with Crippen LogP contribution in [0.15, 0.2) is 72.8 Å². The molecule has 0 bridgehead atoms. The molecule has 38 heavy (non-hydrogen) atoms. The van der Waals surface area contributed by atoms with Gasteiger partial charge in [-0.05, 0) is 72.3 Å². The number of anilines is 2. The van der Waals surface area contributed by atoms with Crippen LogP contribution in [-0.4, -0.2) is 11.8 Å². The first-order chi connectivity index (χ1) is 18.0. The lowest BCUT2D eigenvalue weighted by atomic mass is 10.1. The molecule has 5 nitrogen and oxygen atoms in total. The summed E-state index contributed by atoms with van der Waals surface area (Å²) in [6.45, 7) is 0.0938. The first-order valence-electron chi connectivity index (χ1n) is 10.8. The molecule has 0 spiro atoms. The zero-order valence-electron chi connectivity index (χ0n) is 19.1. The number of hydrogen-bond donors (Lipinski definition) is 2. The highest BCUT2D eigenvalue weighted by Crippen LogP contribution is 2.28. The van der Waals surface area contributed by atoms with Crippen LogP contribution in [-0.2, 0) is 6.61 Å². The van der Waals surface area contributed by atoms with Crippen LogP contribution in [0, 0.1) is 0 Å². The van der Waals surface area contributed by atoms with Gasteiger partial charge in [0, 0.05) is 48.7 Å². The fourth-order valence-electron chi connectivity index (χ4n) is 3.43. The van der Waals surface area contributed by atoms with Gasteiger partial charge >= 0.3 is 0 Å². The normalized spacial score (nSPS) is 10.7. The van der Waals surface area contributed by atoms with E-state index in [-0.39, 0.29) is 17.7 Å². The summed E-state index contributed by atoms with van der Waals surface area (Å²) in [4.78, 5) is 25.8. The van der Waals surface area contributed by atoms with Crippen LogP contribution in [0.3, 0.4) is 0 Å². The fourth-order valence-corrected chi connectivity index (χ4v) is 4.77. The number of ether oxygens (including phenoxy) is 1. The van der Waals surface area contributed by atoms with E-state index in [0.29, 0.717) is 52.8 Å². The summed E-state index contributed by atoms with van der Waals surface area (Å²) in [6, 6.07) is 18.9. The Kier molecular flexibility index (Phi) is 9.32. The van der Waals surface area contributed by atoms with Crippen molar-refractivity contribution in [1.82, 2.24) is 0 Å². The quantitative estimate of drug-likeness (QED) is 0.214. The van der Waals surface area contributed by atoms with Gasteiger partial charge in [0.05, 0.1) is 10.0 Å². The summed E-state index contributed by atoms with van der Waals surface area (Å²) in [5, 5.41) is 7.61. The van der Waals surface area contributed by atoms with Crippen LogP contribution < -0.4 is 15.4 Å². The number of nitrogens with one attached hydrogen (secondary N) is 2. The van der Waals surface area contributed by atoms with E-state index in [9.17, 15) is 9.59 Å². The van der Waals surface area contributed by atoms with E-state index in [1.54, 1.807) is 36.4 Å². The van der Waals surface area contributed by atoms with Crippen molar-refractivity contribution in [1.29, 1.82) is 0 Å². The Morgan fingerprint density at radius 1 is 0.579 bits per heavy atom. The van der Waals surface area contributed by atoms with Gasteiger partial charge < -0.3 is 15.4 Å². The van der Waals surface area contributed by atoms with Gasteiger partial charge in [0.2, 0.25) is 0 Å². The Balaban J connectivity index is 1.61. The lowest BCUT2D eigenvalue weighted by molar-refractivity contribution is 0.101. The smallest absolute Gasteiger partial charge is 0.255 e. The second-order valence-electron chi connectivity index (χ2n) is 8.01. The maximum atomic E-state index is 12.9. The van der Waals surface area contributed by atoms with E-state index in [1.165, 1.54) is 36.4 Å². The minimum Gasteiger partial charge on any atom is -0.489 e. The molecule has 4 aromatic carbocycles. The van der Waals surface area contributed by atoms with Crippen molar-refractivity contribution in [3.8, 4) is 5.75 Å². The molecular formula is C27H16Cl6N2O3. The number of carbonyl (C=O) groups excluding carboxylic acids is 2. The van der Waals surface area contributed by atoms with Crippen LogP contribution in [0.5, 0.6) is 5.75 Å². The molecule has 0 saturated carbocycles. The Hall–Kier alpha value is -2.64. The van der Waals surface area contributed by atoms with E-state index in [0.717, 1.165) is 0 Å². The molecule has 2 amide bonds. The van der Waals surface area contributed by atoms with Gasteiger partial charge in [0.15, 0.2) is 0 Å². The number of halogens is 6. The fraction of sp³-hybridized carbons (Fsp3) is 0.0370. The Labute approximate surface area is 248 Å². The molecular weight excluding hydrogens is 613 g/mol. The summed E-state index contributed by atoms with van der Waals surface area (Å²) in [5.74, 6) is -0.409. The van der Waals surface area contributed by atoms with Gasteiger partial charge in [-0.2, -0.15) is 0 Å². The van der Waals surface area contributed by atoms with Gasteiger partial charge in [-0.15, -0.1) is 0 Å². The summed E-state index contributed by atoms with van der Waals surface area (Å²) in [6.07, 6.45) is 0. The Morgan fingerprint density at radius 3 is 1.50 bits per heavy atom. The summed E-state index contributed by atoms with van der Waals surface area (Å²) in [7, 11) is 0. The average Bonchev–Trinajstić information content (AvgIpc) is 2.83. The van der Waals surface area contributed by atoms with Gasteiger partial charge in [-0.25, -0.2) is 0 Å². The van der Waals surface area contributed by atoms with E-state index in [2.05, 4.69) is 10.6 Å². The van der Waals surface area contributed by atoms with Crippen LogP contribution in [0.4, 0.5) is 11.4 Å². The standard InChI is InChI=1S/C27H16Cl6N2O3/c28-17-5-15(6-18(29)9-17)26(36)34-21-3-14(13-38-23-1-2-24(32)25(33)12-23)4-22(11-21)35-27(37)16-7-19(30)10-20(31)8-16/h1-12H,13H2,(H,34,36)(H,35,37). The largest absolute Gasteiger partial charge is 0.489 e. The molecule has 4 rings (SSSR count). The highest BCUT2D eigenvalue weighted by molar-refractivity contribution is 6.42. The number of carbonyl (C=O) groups is 2. The number of benzene rings is 4. The molecule has 2 N–H and O–H groups in total. The lowest BCUT2D eigenvalue weighted by Gasteiger charge is -2.14. The zero-order valence-corrected chi connectivity index (χ0v) is 23.7. The third-order valence-electron chi connectivity index (χ3n) is 5.05. The van der Waals surface area contributed by atoms with Crippen molar-refractivity contribution >= 4 is 92.8 Å². The average molecular weight is 629 g/mol. The number of amides is 2. The van der Waals surface area contributed by atoms with Gasteiger partial charge in [-0.3, -0.25) is 9.59 Å². The first-order valence-corrected chi connectivity index (χ1v) is 13.1. The highest BCUT2D eigenvalue weighted by atomic mass is 35.5. The van der Waals surface area contributed by atoms with Crippen LogP contribution >= 0.6 is 69.6 Å². The zero-order chi connectivity index (χ0) is 27.4. The molecule has 4 aromatic rings. The molecule has 11 heteroatoms. The predicted molar refractivity (Wildman–Crippen MR) is 156 cm³/mol. The predicted octanol–water partition coefficient (Wildman–Crippen LogP) is 9.69. The lowest BCUT2D eigenvalue weighted by Crippen LogP contribution is -2.15. The maximum Gasteiger partial charge on any atom is 0.255 e. The minimum absolute atomic E-state index is 0.0938. The molecule has 0 radical (unpaired) electrons.